The highest BCUT2D eigenvalue weighted by Crippen LogP contribution is 2.29. The van der Waals surface area contributed by atoms with Gasteiger partial charge >= 0.3 is 0 Å². The van der Waals surface area contributed by atoms with Crippen LogP contribution in [-0.2, 0) is 0 Å². The number of ether oxygens (including phenoxy) is 1. The fourth-order valence-corrected chi connectivity index (χ4v) is 2.25. The van der Waals surface area contributed by atoms with Gasteiger partial charge in [0.15, 0.2) is 0 Å². The van der Waals surface area contributed by atoms with Gasteiger partial charge in [-0.05, 0) is 25.2 Å². The molecule has 0 heterocycles. The van der Waals surface area contributed by atoms with Crippen LogP contribution in [0.25, 0.3) is 10.8 Å². The molecule has 0 bridgehead atoms. The molecule has 0 unspecified atom stereocenters. The average Bonchev–Trinajstić information content (AvgIpc) is 2.46. The molecule has 2 rings (SSSR count). The molecule has 0 aliphatic heterocycles. The van der Waals surface area contributed by atoms with Crippen molar-refractivity contribution in [2.75, 3.05) is 32.0 Å². The van der Waals surface area contributed by atoms with Gasteiger partial charge in [0.05, 0.1) is 0 Å². The van der Waals surface area contributed by atoms with Crippen molar-refractivity contribution in [1.82, 2.24) is 4.90 Å². The lowest BCUT2D eigenvalue weighted by molar-refractivity contribution is 0.224. The van der Waals surface area contributed by atoms with E-state index in [2.05, 4.69) is 24.8 Å². The van der Waals surface area contributed by atoms with Gasteiger partial charge in [-0.1, -0.05) is 38.1 Å². The molecule has 0 fully saturated rings. The van der Waals surface area contributed by atoms with Crippen molar-refractivity contribution in [3.8, 4) is 5.75 Å². The molecule has 2 N–H and O–H groups in total. The minimum atomic E-state index is 0.704. The van der Waals surface area contributed by atoms with Crippen LogP contribution < -0.4 is 10.5 Å². The molecular formula is C16H22N2O. The predicted octanol–water partition coefficient (Wildman–Crippen LogP) is 3.14. The van der Waals surface area contributed by atoms with Crippen LogP contribution in [0.1, 0.15) is 13.8 Å². The van der Waals surface area contributed by atoms with Gasteiger partial charge in [-0.3, -0.25) is 0 Å². The number of nitrogens with zero attached hydrogens (tertiary/aromatic N) is 1. The average molecular weight is 258 g/mol. The Balaban J connectivity index is 2.11. The lowest BCUT2D eigenvalue weighted by Gasteiger charge is -2.18. The first kappa shape index (κ1) is 13.7. The SMILES string of the molecule is CCN(CC)CCOc1ccc(N)c2ccccc12. The van der Waals surface area contributed by atoms with Gasteiger partial charge in [0.2, 0.25) is 0 Å². The fourth-order valence-electron chi connectivity index (χ4n) is 2.25. The van der Waals surface area contributed by atoms with Crippen molar-refractivity contribution in [3.05, 3.63) is 36.4 Å². The summed E-state index contributed by atoms with van der Waals surface area (Å²) in [5.74, 6) is 0.914. The number of nitrogen functional groups attached to an aromatic ring is 1. The van der Waals surface area contributed by atoms with Crippen molar-refractivity contribution in [2.24, 2.45) is 0 Å². The molecule has 3 nitrogen and oxygen atoms in total. The summed E-state index contributed by atoms with van der Waals surface area (Å²) >= 11 is 0. The van der Waals surface area contributed by atoms with E-state index < -0.39 is 0 Å². The van der Waals surface area contributed by atoms with Crippen LogP contribution >= 0.6 is 0 Å². The summed E-state index contributed by atoms with van der Waals surface area (Å²) in [5, 5.41) is 2.14. The van der Waals surface area contributed by atoms with Crippen LogP contribution in [0.5, 0.6) is 5.75 Å². The maximum absolute atomic E-state index is 5.98. The standard InChI is InChI=1S/C16H22N2O/c1-3-18(4-2)11-12-19-16-10-9-15(17)13-7-5-6-8-14(13)16/h5-10H,3-4,11-12,17H2,1-2H3. The molecule has 0 aromatic heterocycles. The van der Waals surface area contributed by atoms with Gasteiger partial charge < -0.3 is 15.4 Å². The number of hydrogen-bond acceptors (Lipinski definition) is 3. The molecule has 0 spiro atoms. The van der Waals surface area contributed by atoms with Crippen LogP contribution in [0.3, 0.4) is 0 Å². The molecule has 102 valence electrons. The number of rotatable bonds is 6. The van der Waals surface area contributed by atoms with E-state index in [1.807, 2.05) is 30.3 Å². The van der Waals surface area contributed by atoms with Gasteiger partial charge in [0.1, 0.15) is 12.4 Å². The number of hydrogen-bond donors (Lipinski definition) is 1. The van der Waals surface area contributed by atoms with E-state index in [9.17, 15) is 0 Å². The fraction of sp³-hybridized carbons (Fsp3) is 0.375. The van der Waals surface area contributed by atoms with Crippen molar-refractivity contribution in [1.29, 1.82) is 0 Å². The van der Waals surface area contributed by atoms with E-state index in [0.717, 1.165) is 41.8 Å². The third-order valence-electron chi connectivity index (χ3n) is 3.48. The Morgan fingerprint density at radius 2 is 1.68 bits per heavy atom. The number of fused-ring (bicyclic) bond motifs is 1. The molecule has 0 radical (unpaired) electrons. The summed E-state index contributed by atoms with van der Waals surface area (Å²) in [4.78, 5) is 2.35. The second-order valence-corrected chi connectivity index (χ2v) is 4.57. The highest BCUT2D eigenvalue weighted by molar-refractivity contribution is 5.96. The Bertz CT molecular complexity index is 535. The maximum atomic E-state index is 5.98. The molecule has 0 saturated carbocycles. The summed E-state index contributed by atoms with van der Waals surface area (Å²) in [5.41, 5.74) is 6.78. The first-order chi connectivity index (χ1) is 9.26. The Morgan fingerprint density at radius 1 is 1.00 bits per heavy atom. The number of likely N-dealkylation sites (N-methyl/N-ethyl adjacent to an activating group) is 1. The Morgan fingerprint density at radius 3 is 2.37 bits per heavy atom. The highest BCUT2D eigenvalue weighted by Gasteiger charge is 2.05. The van der Waals surface area contributed by atoms with Crippen molar-refractivity contribution >= 4 is 16.5 Å². The molecular weight excluding hydrogens is 236 g/mol. The molecule has 3 heteroatoms. The molecule has 2 aromatic rings. The molecule has 19 heavy (non-hydrogen) atoms. The molecule has 2 aromatic carbocycles. The predicted molar refractivity (Wildman–Crippen MR) is 81.6 cm³/mol. The van der Waals surface area contributed by atoms with Gasteiger partial charge in [-0.15, -0.1) is 0 Å². The third-order valence-corrected chi connectivity index (χ3v) is 3.48. The molecule has 0 atom stereocenters. The summed E-state index contributed by atoms with van der Waals surface area (Å²) < 4.78 is 5.91. The zero-order valence-corrected chi connectivity index (χ0v) is 11.7. The summed E-state index contributed by atoms with van der Waals surface area (Å²) in [6.07, 6.45) is 0. The first-order valence-corrected chi connectivity index (χ1v) is 6.88. The zero-order valence-electron chi connectivity index (χ0n) is 11.7. The van der Waals surface area contributed by atoms with E-state index in [4.69, 9.17) is 10.5 Å². The van der Waals surface area contributed by atoms with Gasteiger partial charge in [-0.2, -0.15) is 0 Å². The number of benzene rings is 2. The van der Waals surface area contributed by atoms with Crippen LogP contribution in [0.4, 0.5) is 5.69 Å². The van der Waals surface area contributed by atoms with Gasteiger partial charge in [0, 0.05) is 23.0 Å². The van der Waals surface area contributed by atoms with Crippen molar-refractivity contribution in [3.63, 3.8) is 0 Å². The van der Waals surface area contributed by atoms with E-state index in [1.165, 1.54) is 0 Å². The van der Waals surface area contributed by atoms with Crippen molar-refractivity contribution < 1.29 is 4.74 Å². The van der Waals surface area contributed by atoms with Crippen LogP contribution in [0.2, 0.25) is 0 Å². The Kier molecular flexibility index (Phi) is 4.63. The monoisotopic (exact) mass is 258 g/mol. The van der Waals surface area contributed by atoms with Crippen LogP contribution in [0.15, 0.2) is 36.4 Å². The summed E-state index contributed by atoms with van der Waals surface area (Å²) in [6.45, 7) is 8.11. The van der Waals surface area contributed by atoms with Crippen LogP contribution in [0, 0.1) is 0 Å². The molecule has 0 aliphatic carbocycles. The lowest BCUT2D eigenvalue weighted by atomic mass is 10.1. The highest BCUT2D eigenvalue weighted by atomic mass is 16.5. The third kappa shape index (κ3) is 3.18. The molecule has 0 amide bonds. The lowest BCUT2D eigenvalue weighted by Crippen LogP contribution is -2.27. The Labute approximate surface area is 115 Å². The van der Waals surface area contributed by atoms with E-state index in [-0.39, 0.29) is 0 Å². The summed E-state index contributed by atoms with van der Waals surface area (Å²) in [6, 6.07) is 12.0. The van der Waals surface area contributed by atoms with E-state index >= 15 is 0 Å². The van der Waals surface area contributed by atoms with Gasteiger partial charge in [-0.25, -0.2) is 0 Å². The van der Waals surface area contributed by atoms with Gasteiger partial charge in [0.25, 0.3) is 0 Å². The minimum Gasteiger partial charge on any atom is -0.492 e. The smallest absolute Gasteiger partial charge is 0.127 e. The number of nitrogens with two attached hydrogens (primary N) is 1. The summed E-state index contributed by atoms with van der Waals surface area (Å²) in [7, 11) is 0. The number of anilines is 1. The normalized spacial score (nSPS) is 11.1. The maximum Gasteiger partial charge on any atom is 0.127 e. The second-order valence-electron chi connectivity index (χ2n) is 4.57. The van der Waals surface area contributed by atoms with E-state index in [0.29, 0.717) is 6.61 Å². The quantitative estimate of drug-likeness (QED) is 0.809. The largest absolute Gasteiger partial charge is 0.492 e. The zero-order chi connectivity index (χ0) is 13.7. The van der Waals surface area contributed by atoms with E-state index in [1.54, 1.807) is 0 Å². The Hall–Kier alpha value is -1.74. The second kappa shape index (κ2) is 6.43. The topological polar surface area (TPSA) is 38.5 Å². The minimum absolute atomic E-state index is 0.704. The molecule has 0 saturated heterocycles. The molecule has 0 aliphatic rings. The van der Waals surface area contributed by atoms with Crippen molar-refractivity contribution in [2.45, 2.75) is 13.8 Å². The first-order valence-electron chi connectivity index (χ1n) is 6.88. The van der Waals surface area contributed by atoms with Crippen LogP contribution in [-0.4, -0.2) is 31.1 Å².